The molecule has 110 valence electrons. The molecule has 1 N–H and O–H groups in total. The fourth-order valence-corrected chi connectivity index (χ4v) is 2.73. The van der Waals surface area contributed by atoms with Gasteiger partial charge >= 0.3 is 6.18 Å². The summed E-state index contributed by atoms with van der Waals surface area (Å²) in [6.45, 7) is 7.88. The first-order chi connectivity index (χ1) is 8.98. The number of carbonyl (C=O) groups is 1. The average Bonchev–Trinajstić information content (AvgIpc) is 2.68. The number of aromatic nitrogens is 1. The number of alkyl halides is 3. The molecule has 1 aliphatic rings. The van der Waals surface area contributed by atoms with E-state index in [1.807, 2.05) is 27.7 Å². The fourth-order valence-electron chi connectivity index (χ4n) is 2.73. The maximum absolute atomic E-state index is 12.6. The number of nitrogens with zero attached hydrogens (tertiary/aromatic N) is 1. The summed E-state index contributed by atoms with van der Waals surface area (Å²) in [5.74, 6) is -0.582. The molecule has 0 atom stereocenters. The van der Waals surface area contributed by atoms with E-state index in [2.05, 4.69) is 10.3 Å². The van der Waals surface area contributed by atoms with Crippen LogP contribution in [0.25, 0.3) is 0 Å². The van der Waals surface area contributed by atoms with E-state index in [1.54, 1.807) is 0 Å². The zero-order valence-corrected chi connectivity index (χ0v) is 11.8. The molecule has 0 spiro atoms. The van der Waals surface area contributed by atoms with Gasteiger partial charge in [-0.15, -0.1) is 0 Å². The van der Waals surface area contributed by atoms with Crippen LogP contribution in [0, 0.1) is 16.7 Å². The Balaban J connectivity index is 2.15. The van der Waals surface area contributed by atoms with E-state index in [-0.39, 0.29) is 28.5 Å². The molecule has 0 unspecified atom stereocenters. The van der Waals surface area contributed by atoms with Crippen LogP contribution in [0.5, 0.6) is 0 Å². The van der Waals surface area contributed by atoms with Crippen molar-refractivity contribution in [3.63, 3.8) is 0 Å². The van der Waals surface area contributed by atoms with Gasteiger partial charge in [-0.2, -0.15) is 13.2 Å². The highest BCUT2D eigenvalue weighted by atomic mass is 19.4. The maximum atomic E-state index is 12.6. The Morgan fingerprint density at radius 1 is 1.25 bits per heavy atom. The molecule has 6 heteroatoms. The Morgan fingerprint density at radius 2 is 1.80 bits per heavy atom. The first-order valence-electron chi connectivity index (χ1n) is 6.32. The summed E-state index contributed by atoms with van der Waals surface area (Å²) in [7, 11) is 0. The van der Waals surface area contributed by atoms with Crippen LogP contribution in [0.4, 0.5) is 19.0 Å². The smallest absolute Gasteiger partial charge is 0.310 e. The van der Waals surface area contributed by atoms with Gasteiger partial charge in [0.1, 0.15) is 5.82 Å². The molecule has 1 heterocycles. The minimum atomic E-state index is -4.44. The van der Waals surface area contributed by atoms with Gasteiger partial charge in [-0.3, -0.25) is 4.79 Å². The summed E-state index contributed by atoms with van der Waals surface area (Å²) in [6.07, 6.45) is -3.40. The normalized spacial score (nSPS) is 20.6. The SMILES string of the molecule is CC1(C)C(C(=O)Nc2cc(C(F)(F)F)ccn2)C1(C)C. The molecule has 1 saturated carbocycles. The standard InChI is InChI=1S/C14H17F3N2O/c1-12(2)10(13(12,3)4)11(20)19-9-7-8(5-6-18-9)14(15,16)17/h5-7,10H,1-4H3,(H,18,19,20). The molecule has 20 heavy (non-hydrogen) atoms. The number of halogens is 3. The molecular weight excluding hydrogens is 269 g/mol. The lowest BCUT2D eigenvalue weighted by Gasteiger charge is -2.09. The van der Waals surface area contributed by atoms with Crippen molar-refractivity contribution in [3.05, 3.63) is 23.9 Å². The topological polar surface area (TPSA) is 42.0 Å². The zero-order chi connectivity index (χ0) is 15.3. The predicted molar refractivity (Wildman–Crippen MR) is 68.9 cm³/mol. The zero-order valence-electron chi connectivity index (χ0n) is 11.8. The van der Waals surface area contributed by atoms with Gasteiger partial charge in [-0.1, -0.05) is 27.7 Å². The van der Waals surface area contributed by atoms with Crippen LogP contribution < -0.4 is 5.32 Å². The van der Waals surface area contributed by atoms with E-state index in [9.17, 15) is 18.0 Å². The molecule has 0 saturated heterocycles. The van der Waals surface area contributed by atoms with Crippen molar-refractivity contribution < 1.29 is 18.0 Å². The molecule has 1 aromatic rings. The Hall–Kier alpha value is -1.59. The monoisotopic (exact) mass is 286 g/mol. The number of pyridine rings is 1. The van der Waals surface area contributed by atoms with Gasteiger partial charge in [-0.25, -0.2) is 4.98 Å². The van der Waals surface area contributed by atoms with Crippen molar-refractivity contribution in [1.29, 1.82) is 0 Å². The molecule has 0 bridgehead atoms. The minimum absolute atomic E-state index is 0.0664. The summed E-state index contributed by atoms with van der Waals surface area (Å²) in [6, 6.07) is 1.72. The van der Waals surface area contributed by atoms with Crippen molar-refractivity contribution in [3.8, 4) is 0 Å². The van der Waals surface area contributed by atoms with Crippen molar-refractivity contribution in [1.82, 2.24) is 4.98 Å². The molecule has 0 aliphatic heterocycles. The van der Waals surface area contributed by atoms with Crippen molar-refractivity contribution in [2.75, 3.05) is 5.32 Å². The largest absolute Gasteiger partial charge is 0.416 e. The van der Waals surface area contributed by atoms with Gasteiger partial charge in [0.15, 0.2) is 0 Å². The second kappa shape index (κ2) is 4.20. The van der Waals surface area contributed by atoms with E-state index in [1.165, 1.54) is 0 Å². The van der Waals surface area contributed by atoms with Crippen LogP contribution in [-0.4, -0.2) is 10.9 Å². The second-order valence-electron chi connectivity index (χ2n) is 6.29. The summed E-state index contributed by atoms with van der Waals surface area (Å²) in [4.78, 5) is 15.9. The molecule has 1 fully saturated rings. The first-order valence-corrected chi connectivity index (χ1v) is 6.32. The number of anilines is 1. The van der Waals surface area contributed by atoms with E-state index in [0.717, 1.165) is 18.3 Å². The quantitative estimate of drug-likeness (QED) is 0.900. The molecule has 1 aliphatic carbocycles. The summed E-state index contributed by atoms with van der Waals surface area (Å²) in [5, 5.41) is 2.48. The lowest BCUT2D eigenvalue weighted by Crippen LogP contribution is -2.19. The Bertz CT molecular complexity index is 536. The van der Waals surface area contributed by atoms with Crippen LogP contribution in [0.3, 0.4) is 0 Å². The van der Waals surface area contributed by atoms with Crippen molar-refractivity contribution in [2.24, 2.45) is 16.7 Å². The third-order valence-electron chi connectivity index (χ3n) is 4.62. The highest BCUT2D eigenvalue weighted by Gasteiger charge is 2.68. The molecule has 2 rings (SSSR count). The van der Waals surface area contributed by atoms with E-state index in [0.29, 0.717) is 0 Å². The number of carbonyl (C=O) groups excluding carboxylic acids is 1. The molecule has 1 amide bonds. The number of rotatable bonds is 2. The third kappa shape index (κ3) is 2.27. The van der Waals surface area contributed by atoms with Gasteiger partial charge in [0, 0.05) is 12.1 Å². The van der Waals surface area contributed by atoms with Crippen LogP contribution >= 0.6 is 0 Å². The Kier molecular flexibility index (Phi) is 3.11. The molecule has 0 aromatic carbocycles. The van der Waals surface area contributed by atoms with Crippen LogP contribution in [0.2, 0.25) is 0 Å². The molecule has 0 radical (unpaired) electrons. The lowest BCUT2D eigenvalue weighted by atomic mass is 10.0. The highest BCUT2D eigenvalue weighted by molar-refractivity contribution is 5.95. The van der Waals surface area contributed by atoms with Gasteiger partial charge in [0.05, 0.1) is 5.56 Å². The van der Waals surface area contributed by atoms with Crippen molar-refractivity contribution in [2.45, 2.75) is 33.9 Å². The highest BCUT2D eigenvalue weighted by Crippen LogP contribution is 2.68. The van der Waals surface area contributed by atoms with Crippen molar-refractivity contribution >= 4 is 11.7 Å². The number of hydrogen-bond acceptors (Lipinski definition) is 2. The number of nitrogens with one attached hydrogen (secondary N) is 1. The van der Waals surface area contributed by atoms with Gasteiger partial charge in [-0.05, 0) is 23.0 Å². The van der Waals surface area contributed by atoms with Crippen LogP contribution in [0.1, 0.15) is 33.3 Å². The minimum Gasteiger partial charge on any atom is -0.310 e. The Morgan fingerprint density at radius 3 is 2.25 bits per heavy atom. The maximum Gasteiger partial charge on any atom is 0.416 e. The number of amides is 1. The van der Waals surface area contributed by atoms with Crippen LogP contribution in [-0.2, 0) is 11.0 Å². The second-order valence-corrected chi connectivity index (χ2v) is 6.29. The Labute approximate surface area is 115 Å². The molecule has 1 aromatic heterocycles. The average molecular weight is 286 g/mol. The molecule has 3 nitrogen and oxygen atoms in total. The van der Waals surface area contributed by atoms with Gasteiger partial charge < -0.3 is 5.32 Å². The molecular formula is C14H17F3N2O. The van der Waals surface area contributed by atoms with Gasteiger partial charge in [0.25, 0.3) is 0 Å². The first kappa shape index (κ1) is 14.8. The summed E-state index contributed by atoms with van der Waals surface area (Å²) >= 11 is 0. The summed E-state index contributed by atoms with van der Waals surface area (Å²) in [5.41, 5.74) is -1.16. The third-order valence-corrected chi connectivity index (χ3v) is 4.62. The van der Waals surface area contributed by atoms with Crippen LogP contribution in [0.15, 0.2) is 18.3 Å². The van der Waals surface area contributed by atoms with E-state index >= 15 is 0 Å². The fraction of sp³-hybridized carbons (Fsp3) is 0.571. The van der Waals surface area contributed by atoms with Gasteiger partial charge in [0.2, 0.25) is 5.91 Å². The summed E-state index contributed by atoms with van der Waals surface area (Å²) < 4.78 is 37.7. The predicted octanol–water partition coefficient (Wildman–Crippen LogP) is 3.72. The number of hydrogen-bond donors (Lipinski definition) is 1. The lowest BCUT2D eigenvalue weighted by molar-refractivity contribution is -0.137. The van der Waals surface area contributed by atoms with E-state index < -0.39 is 11.7 Å². The van der Waals surface area contributed by atoms with E-state index in [4.69, 9.17) is 0 Å².